The number of hydrogen-bond acceptors (Lipinski definition) is 5. The van der Waals surface area contributed by atoms with Crippen molar-refractivity contribution in [1.29, 1.82) is 0 Å². The summed E-state index contributed by atoms with van der Waals surface area (Å²) in [6.07, 6.45) is -3.60. The zero-order chi connectivity index (χ0) is 26.3. The standard InChI is InChI=1S/C25H23F5N6O/c1-14-9-21(24(26)27)36(33-14)22-11-18(31-13-32-22)10-20-15(2)23(34-35(20)12-16-3-4-16)17-5-7-19(8-6-17)37-25(28,29)30/h5-9,11,13,16,24H,3-4,10,12H2,1-2H3. The topological polar surface area (TPSA) is 70.7 Å². The van der Waals surface area contributed by atoms with Crippen LogP contribution in [-0.2, 0) is 13.0 Å². The maximum atomic E-state index is 13.5. The second-order valence-corrected chi connectivity index (χ2v) is 9.09. The molecule has 1 aliphatic carbocycles. The van der Waals surface area contributed by atoms with E-state index in [2.05, 4.69) is 19.8 Å². The third-order valence-corrected chi connectivity index (χ3v) is 6.17. The summed E-state index contributed by atoms with van der Waals surface area (Å²) in [4.78, 5) is 8.48. The Balaban J connectivity index is 1.47. The average Bonchev–Trinajstić information content (AvgIpc) is 3.49. The zero-order valence-corrected chi connectivity index (χ0v) is 20.0. The first kappa shape index (κ1) is 24.8. The Morgan fingerprint density at radius 1 is 1.03 bits per heavy atom. The largest absolute Gasteiger partial charge is 0.573 e. The normalized spacial score (nSPS) is 13.9. The summed E-state index contributed by atoms with van der Waals surface area (Å²) < 4.78 is 71.6. The molecule has 0 unspecified atom stereocenters. The highest BCUT2D eigenvalue weighted by Gasteiger charge is 2.31. The molecule has 0 bridgehead atoms. The number of alkyl halides is 5. The third-order valence-electron chi connectivity index (χ3n) is 6.17. The Bertz CT molecular complexity index is 1410. The molecule has 0 radical (unpaired) electrons. The monoisotopic (exact) mass is 518 g/mol. The first-order chi connectivity index (χ1) is 17.6. The van der Waals surface area contributed by atoms with Crippen LogP contribution >= 0.6 is 0 Å². The van der Waals surface area contributed by atoms with Gasteiger partial charge in [-0.05, 0) is 68.5 Å². The van der Waals surface area contributed by atoms with Crippen molar-refractivity contribution in [2.75, 3.05) is 0 Å². The van der Waals surface area contributed by atoms with Crippen molar-refractivity contribution in [3.05, 3.63) is 71.1 Å². The number of benzene rings is 1. The summed E-state index contributed by atoms with van der Waals surface area (Å²) in [7, 11) is 0. The summed E-state index contributed by atoms with van der Waals surface area (Å²) in [5.74, 6) is 0.437. The van der Waals surface area contributed by atoms with Crippen LogP contribution in [0.15, 0.2) is 42.7 Å². The van der Waals surface area contributed by atoms with Gasteiger partial charge in [0.1, 0.15) is 17.8 Å². The van der Waals surface area contributed by atoms with E-state index in [1.807, 2.05) is 11.6 Å². The van der Waals surface area contributed by atoms with Crippen LogP contribution in [0.3, 0.4) is 0 Å². The molecule has 4 aromatic rings. The summed E-state index contributed by atoms with van der Waals surface area (Å²) in [5.41, 5.74) is 3.83. The van der Waals surface area contributed by atoms with E-state index >= 15 is 0 Å². The predicted molar refractivity (Wildman–Crippen MR) is 123 cm³/mol. The Hall–Kier alpha value is -3.83. The Labute approximate surface area is 208 Å². The molecule has 0 amide bonds. The lowest BCUT2D eigenvalue weighted by Gasteiger charge is -2.10. The van der Waals surface area contributed by atoms with Crippen LogP contribution in [0.1, 0.15) is 47.6 Å². The van der Waals surface area contributed by atoms with Gasteiger partial charge in [0.05, 0.1) is 17.1 Å². The number of nitrogens with zero attached hydrogens (tertiary/aromatic N) is 6. The fraction of sp³-hybridized carbons (Fsp3) is 0.360. The molecule has 3 aromatic heterocycles. The molecule has 0 atom stereocenters. The van der Waals surface area contributed by atoms with Crippen molar-refractivity contribution in [2.45, 2.75) is 52.4 Å². The number of aryl methyl sites for hydroxylation is 1. The molecule has 3 heterocycles. The van der Waals surface area contributed by atoms with Crippen molar-refractivity contribution < 1.29 is 26.7 Å². The number of halogens is 5. The molecular formula is C25H23F5N6O. The van der Waals surface area contributed by atoms with Gasteiger partial charge in [0.15, 0.2) is 5.82 Å². The molecule has 0 N–H and O–H groups in total. The first-order valence-corrected chi connectivity index (χ1v) is 11.7. The Morgan fingerprint density at radius 3 is 2.41 bits per heavy atom. The Morgan fingerprint density at radius 2 is 1.76 bits per heavy atom. The molecule has 1 aliphatic rings. The summed E-state index contributed by atoms with van der Waals surface area (Å²) in [5, 5.41) is 8.93. The van der Waals surface area contributed by atoms with Crippen LogP contribution in [-0.4, -0.2) is 35.9 Å². The predicted octanol–water partition coefficient (Wildman–Crippen LogP) is 5.98. The van der Waals surface area contributed by atoms with Gasteiger partial charge in [-0.3, -0.25) is 4.68 Å². The Kier molecular flexibility index (Phi) is 6.42. The van der Waals surface area contributed by atoms with E-state index in [0.717, 1.165) is 28.8 Å². The highest BCUT2D eigenvalue weighted by molar-refractivity contribution is 5.65. The smallest absolute Gasteiger partial charge is 0.406 e. The van der Waals surface area contributed by atoms with E-state index < -0.39 is 12.8 Å². The van der Waals surface area contributed by atoms with Gasteiger partial charge in [0.25, 0.3) is 6.43 Å². The van der Waals surface area contributed by atoms with Crippen molar-refractivity contribution in [3.63, 3.8) is 0 Å². The van der Waals surface area contributed by atoms with E-state index in [0.29, 0.717) is 41.5 Å². The van der Waals surface area contributed by atoms with E-state index in [4.69, 9.17) is 5.10 Å². The molecule has 1 aromatic carbocycles. The fourth-order valence-corrected chi connectivity index (χ4v) is 4.22. The lowest BCUT2D eigenvalue weighted by molar-refractivity contribution is -0.274. The van der Waals surface area contributed by atoms with Crippen LogP contribution in [0.25, 0.3) is 17.1 Å². The van der Waals surface area contributed by atoms with E-state index in [-0.39, 0.29) is 17.3 Å². The zero-order valence-electron chi connectivity index (χ0n) is 20.0. The van der Waals surface area contributed by atoms with Gasteiger partial charge < -0.3 is 4.74 Å². The maximum absolute atomic E-state index is 13.5. The van der Waals surface area contributed by atoms with Gasteiger partial charge in [0.2, 0.25) is 0 Å². The third kappa shape index (κ3) is 5.62. The number of aromatic nitrogens is 6. The number of rotatable bonds is 8. The molecule has 1 fully saturated rings. The van der Waals surface area contributed by atoms with Crippen LogP contribution in [0.2, 0.25) is 0 Å². The summed E-state index contributed by atoms with van der Waals surface area (Å²) in [6.45, 7) is 4.24. The molecule has 7 nitrogen and oxygen atoms in total. The van der Waals surface area contributed by atoms with Crippen LogP contribution in [0.4, 0.5) is 22.0 Å². The molecule has 194 valence electrons. The minimum atomic E-state index is -4.77. The van der Waals surface area contributed by atoms with Crippen molar-refractivity contribution in [3.8, 4) is 22.8 Å². The molecule has 0 aliphatic heterocycles. The highest BCUT2D eigenvalue weighted by atomic mass is 19.4. The van der Waals surface area contributed by atoms with Crippen LogP contribution < -0.4 is 4.74 Å². The number of ether oxygens (including phenoxy) is 1. The SMILES string of the molecule is Cc1cc(C(F)F)n(-c2cc(Cc3c(C)c(-c4ccc(OC(F)(F)F)cc4)nn3CC3CC3)ncn2)n1. The van der Waals surface area contributed by atoms with Gasteiger partial charge in [-0.15, -0.1) is 13.2 Å². The second-order valence-electron chi connectivity index (χ2n) is 9.09. The van der Waals surface area contributed by atoms with E-state index in [1.54, 1.807) is 13.0 Å². The van der Waals surface area contributed by atoms with Crippen molar-refractivity contribution >= 4 is 0 Å². The van der Waals surface area contributed by atoms with Gasteiger partial charge in [0, 0.05) is 30.3 Å². The fourth-order valence-electron chi connectivity index (χ4n) is 4.22. The molecule has 0 saturated heterocycles. The maximum Gasteiger partial charge on any atom is 0.573 e. The van der Waals surface area contributed by atoms with Crippen LogP contribution in [0.5, 0.6) is 5.75 Å². The number of hydrogen-bond donors (Lipinski definition) is 0. The molecule has 0 spiro atoms. The van der Waals surface area contributed by atoms with Crippen molar-refractivity contribution in [2.24, 2.45) is 5.92 Å². The minimum absolute atomic E-state index is 0.236. The molecule has 5 rings (SSSR count). The van der Waals surface area contributed by atoms with Gasteiger partial charge in [-0.25, -0.2) is 23.4 Å². The average molecular weight is 518 g/mol. The summed E-state index contributed by atoms with van der Waals surface area (Å²) in [6, 6.07) is 8.52. The first-order valence-electron chi connectivity index (χ1n) is 11.7. The molecule has 1 saturated carbocycles. The lowest BCUT2D eigenvalue weighted by Crippen LogP contribution is -2.16. The van der Waals surface area contributed by atoms with Gasteiger partial charge in [-0.2, -0.15) is 10.2 Å². The van der Waals surface area contributed by atoms with Gasteiger partial charge in [-0.1, -0.05) is 0 Å². The molecular weight excluding hydrogens is 495 g/mol. The quantitative estimate of drug-likeness (QED) is 0.269. The van der Waals surface area contributed by atoms with Gasteiger partial charge >= 0.3 is 6.36 Å². The van der Waals surface area contributed by atoms with E-state index in [9.17, 15) is 22.0 Å². The van der Waals surface area contributed by atoms with Crippen molar-refractivity contribution in [1.82, 2.24) is 29.5 Å². The molecule has 37 heavy (non-hydrogen) atoms. The highest BCUT2D eigenvalue weighted by Crippen LogP contribution is 2.34. The second kappa shape index (κ2) is 9.56. The summed E-state index contributed by atoms with van der Waals surface area (Å²) >= 11 is 0. The molecule has 12 heteroatoms. The van der Waals surface area contributed by atoms with Crippen LogP contribution in [0, 0.1) is 19.8 Å². The minimum Gasteiger partial charge on any atom is -0.406 e. The van der Waals surface area contributed by atoms with E-state index in [1.165, 1.54) is 36.7 Å². The lowest BCUT2D eigenvalue weighted by atomic mass is 10.0.